The predicted octanol–water partition coefficient (Wildman–Crippen LogP) is 14.4. The predicted molar refractivity (Wildman–Crippen MR) is 257 cm³/mol. The summed E-state index contributed by atoms with van der Waals surface area (Å²) in [5, 5.41) is 5.48. The third-order valence-electron chi connectivity index (χ3n) is 11.9. The topological polar surface area (TPSA) is 82.5 Å². The first-order valence-corrected chi connectivity index (χ1v) is 21.7. The van der Waals surface area contributed by atoms with Crippen LogP contribution in [0, 0.1) is 0 Å². The molecule has 5 aromatic heterocycles. The highest BCUT2D eigenvalue weighted by molar-refractivity contribution is 7.26. The van der Waals surface area contributed by atoms with Crippen LogP contribution in [0.1, 0.15) is 0 Å². The molecule has 0 N–H and O–H groups in total. The molecule has 0 radical (unpaired) electrons. The third kappa shape index (κ3) is 5.69. The van der Waals surface area contributed by atoms with Crippen LogP contribution in [0.25, 0.3) is 127 Å². The summed E-state index contributed by atoms with van der Waals surface area (Å²) in [4.78, 5) is 26.1. The van der Waals surface area contributed by atoms with Crippen molar-refractivity contribution in [2.45, 2.75) is 0 Å². The normalized spacial score (nSPS) is 11.8. The minimum Gasteiger partial charge on any atom is -0.452 e. The highest BCUT2D eigenvalue weighted by Gasteiger charge is 2.23. The van der Waals surface area contributed by atoms with Crippen molar-refractivity contribution < 1.29 is 4.42 Å². The number of nitrogens with zero attached hydrogens (tertiary/aromatic N) is 6. The second-order valence-corrected chi connectivity index (χ2v) is 16.6. The van der Waals surface area contributed by atoms with Crippen molar-refractivity contribution in [2.24, 2.45) is 0 Å². The molecule has 0 fully saturated rings. The van der Waals surface area contributed by atoms with E-state index in [4.69, 9.17) is 29.3 Å². The molecule has 294 valence electrons. The van der Waals surface area contributed by atoms with Crippen molar-refractivity contribution in [3.8, 4) is 62.5 Å². The number of benzene rings is 8. The molecule has 8 heteroatoms. The van der Waals surface area contributed by atoms with E-state index in [2.05, 4.69) is 132 Å². The van der Waals surface area contributed by atoms with Gasteiger partial charge in [-0.1, -0.05) is 152 Å². The number of hydrogen-bond acceptors (Lipinski definition) is 7. The molecule has 8 aromatic carbocycles. The molecule has 0 spiro atoms. The van der Waals surface area contributed by atoms with Gasteiger partial charge < -0.3 is 8.98 Å². The van der Waals surface area contributed by atoms with E-state index in [9.17, 15) is 0 Å². The Morgan fingerprint density at radius 3 is 1.81 bits per heavy atom. The zero-order valence-corrected chi connectivity index (χ0v) is 34.3. The summed E-state index contributed by atoms with van der Waals surface area (Å²) in [5.74, 6) is 2.46. The maximum atomic E-state index is 6.58. The molecule has 63 heavy (non-hydrogen) atoms. The SMILES string of the molecule is c1ccc(-c2nc(-c3ccc4c5ccccc5n(-c5ccccc5)c4c3)nc(-c3cccc4sc5c(-c6nc(-c7ccccc7)nc7c6oc6ccccc67)cccc5c34)n2)cc1. The second kappa shape index (κ2) is 14.1. The Labute approximate surface area is 364 Å². The molecule has 7 nitrogen and oxygen atoms in total. The molecule has 0 saturated carbocycles. The van der Waals surface area contributed by atoms with Gasteiger partial charge in [-0.2, -0.15) is 0 Å². The summed E-state index contributed by atoms with van der Waals surface area (Å²) >= 11 is 1.74. The Morgan fingerprint density at radius 1 is 0.413 bits per heavy atom. The fourth-order valence-electron chi connectivity index (χ4n) is 9.02. The average molecular weight is 825 g/mol. The van der Waals surface area contributed by atoms with E-state index in [-0.39, 0.29) is 0 Å². The van der Waals surface area contributed by atoms with Crippen molar-refractivity contribution in [1.29, 1.82) is 0 Å². The van der Waals surface area contributed by atoms with Crippen LogP contribution in [0.15, 0.2) is 199 Å². The molecule has 13 rings (SSSR count). The zero-order valence-electron chi connectivity index (χ0n) is 33.5. The zero-order chi connectivity index (χ0) is 41.4. The van der Waals surface area contributed by atoms with Crippen molar-refractivity contribution in [2.75, 3.05) is 0 Å². The smallest absolute Gasteiger partial charge is 0.180 e. The molecule has 0 unspecified atom stereocenters. The van der Waals surface area contributed by atoms with E-state index in [0.29, 0.717) is 28.9 Å². The van der Waals surface area contributed by atoms with Crippen LogP contribution in [0.3, 0.4) is 0 Å². The maximum absolute atomic E-state index is 6.58. The van der Waals surface area contributed by atoms with Crippen LogP contribution in [0.5, 0.6) is 0 Å². The van der Waals surface area contributed by atoms with Crippen LogP contribution >= 0.6 is 11.3 Å². The molecule has 0 amide bonds. The molecule has 0 aliphatic heterocycles. The Kier molecular flexibility index (Phi) is 7.94. The average Bonchev–Trinajstić information content (AvgIpc) is 4.04. The molecular weight excluding hydrogens is 793 g/mol. The number of thiophene rings is 1. The Bertz CT molecular complexity index is 3910. The van der Waals surface area contributed by atoms with Gasteiger partial charge in [-0.05, 0) is 42.5 Å². The van der Waals surface area contributed by atoms with E-state index in [0.717, 1.165) is 86.9 Å². The van der Waals surface area contributed by atoms with Gasteiger partial charge in [0.2, 0.25) is 0 Å². The largest absolute Gasteiger partial charge is 0.452 e. The number of rotatable bonds is 6. The minimum atomic E-state index is 0.601. The number of furan rings is 1. The lowest BCUT2D eigenvalue weighted by Crippen LogP contribution is -2.00. The van der Waals surface area contributed by atoms with Crippen molar-refractivity contribution in [1.82, 2.24) is 29.5 Å². The van der Waals surface area contributed by atoms with Gasteiger partial charge in [-0.25, -0.2) is 24.9 Å². The fourth-order valence-corrected chi connectivity index (χ4v) is 10.3. The van der Waals surface area contributed by atoms with Crippen LogP contribution in [0.4, 0.5) is 0 Å². The second-order valence-electron chi connectivity index (χ2n) is 15.6. The van der Waals surface area contributed by atoms with Gasteiger partial charge in [-0.3, -0.25) is 0 Å². The molecule has 0 bridgehead atoms. The maximum Gasteiger partial charge on any atom is 0.180 e. The summed E-state index contributed by atoms with van der Waals surface area (Å²) in [5.41, 5.74) is 11.0. The van der Waals surface area contributed by atoms with E-state index < -0.39 is 0 Å². The van der Waals surface area contributed by atoms with Crippen molar-refractivity contribution >= 4 is 75.4 Å². The Hall–Kier alpha value is -8.33. The number of aromatic nitrogens is 6. The summed E-state index contributed by atoms with van der Waals surface area (Å²) in [6.07, 6.45) is 0. The van der Waals surface area contributed by atoms with Crippen LogP contribution in [-0.2, 0) is 0 Å². The molecule has 0 atom stereocenters. The monoisotopic (exact) mass is 824 g/mol. The summed E-state index contributed by atoms with van der Waals surface area (Å²) in [6.45, 7) is 0. The van der Waals surface area contributed by atoms with Gasteiger partial charge in [0.05, 0.1) is 11.0 Å². The number of para-hydroxylation sites is 3. The highest BCUT2D eigenvalue weighted by Crippen LogP contribution is 2.46. The van der Waals surface area contributed by atoms with E-state index in [1.54, 1.807) is 11.3 Å². The van der Waals surface area contributed by atoms with E-state index in [1.807, 2.05) is 66.7 Å². The van der Waals surface area contributed by atoms with Crippen LogP contribution in [0.2, 0.25) is 0 Å². The van der Waals surface area contributed by atoms with Gasteiger partial charge in [-0.15, -0.1) is 11.3 Å². The summed E-state index contributed by atoms with van der Waals surface area (Å²) in [6, 6.07) is 66.8. The van der Waals surface area contributed by atoms with Crippen molar-refractivity contribution in [3.05, 3.63) is 194 Å². The fraction of sp³-hybridized carbons (Fsp3) is 0. The van der Waals surface area contributed by atoms with E-state index in [1.165, 1.54) is 10.8 Å². The molecule has 0 aliphatic rings. The van der Waals surface area contributed by atoms with Crippen LogP contribution in [-0.4, -0.2) is 29.5 Å². The van der Waals surface area contributed by atoms with Gasteiger partial charge in [0.1, 0.15) is 16.8 Å². The number of fused-ring (bicyclic) bond motifs is 9. The van der Waals surface area contributed by atoms with Gasteiger partial charge >= 0.3 is 0 Å². The first-order valence-electron chi connectivity index (χ1n) is 20.8. The first-order chi connectivity index (χ1) is 31.2. The minimum absolute atomic E-state index is 0.601. The summed E-state index contributed by atoms with van der Waals surface area (Å²) < 4.78 is 11.1. The highest BCUT2D eigenvalue weighted by atomic mass is 32.1. The van der Waals surface area contributed by atoms with E-state index >= 15 is 0 Å². The molecule has 0 saturated heterocycles. The lowest BCUT2D eigenvalue weighted by Gasteiger charge is -2.11. The third-order valence-corrected chi connectivity index (χ3v) is 13.1. The van der Waals surface area contributed by atoms with Gasteiger partial charge in [0.15, 0.2) is 28.9 Å². The lowest BCUT2D eigenvalue weighted by atomic mass is 10.0. The Balaban J connectivity index is 1.03. The standard InChI is InChI=1S/C55H32N6OS/c1-4-16-33(17-5-1)52-56-48-39-23-11-13-28-45(39)62-50(48)49(57-52)42-26-14-24-40-47-41(25-15-29-46(47)63-51(40)42)55-59-53(34-18-6-2-7-19-34)58-54(60-55)35-30-31-38-37-22-10-12-27-43(37)61(44(38)32-35)36-20-8-3-9-21-36/h1-32H. The molecule has 13 aromatic rings. The van der Waals surface area contributed by atoms with Gasteiger partial charge in [0, 0.05) is 69.8 Å². The molecule has 0 aliphatic carbocycles. The summed E-state index contributed by atoms with van der Waals surface area (Å²) in [7, 11) is 0. The number of hydrogen-bond donors (Lipinski definition) is 0. The Morgan fingerprint density at radius 2 is 1.02 bits per heavy atom. The first kappa shape index (κ1) is 35.4. The van der Waals surface area contributed by atoms with Gasteiger partial charge in [0.25, 0.3) is 0 Å². The van der Waals surface area contributed by atoms with Crippen molar-refractivity contribution in [3.63, 3.8) is 0 Å². The quantitative estimate of drug-likeness (QED) is 0.166. The molecular formula is C55H32N6OS. The lowest BCUT2D eigenvalue weighted by molar-refractivity contribution is 0.667. The van der Waals surface area contributed by atoms with Crippen LogP contribution < -0.4 is 0 Å². The molecule has 5 heterocycles.